The molecule has 1 saturated carbocycles. The van der Waals surface area contributed by atoms with E-state index in [9.17, 15) is 74.9 Å². The average Bonchev–Trinajstić information content (AvgIpc) is 0.764. The van der Waals surface area contributed by atoms with Crippen LogP contribution in [0.25, 0.3) is 0 Å². The molecule has 2 heterocycles. The molecule has 0 aromatic rings. The Labute approximate surface area is 561 Å². The van der Waals surface area contributed by atoms with Gasteiger partial charge in [0.1, 0.15) is 98.7 Å². The Morgan fingerprint density at radius 1 is 0.404 bits per heavy atom. The number of aliphatic hydroxyl groups excluding tert-OH is 10. The number of hydrogen-bond donors (Lipinski definition) is 11. The molecule has 0 spiro atoms. The molecular formula is C69H127O24P. The van der Waals surface area contributed by atoms with Gasteiger partial charge in [0.05, 0.1) is 13.2 Å². The Hall–Kier alpha value is -2.30. The molecule has 3 aliphatic rings. The molecule has 2 saturated heterocycles. The van der Waals surface area contributed by atoms with Crippen LogP contribution in [0.4, 0.5) is 0 Å². The summed E-state index contributed by atoms with van der Waals surface area (Å²) in [7, 11) is -5.69. The van der Waals surface area contributed by atoms with Crippen molar-refractivity contribution in [3.8, 4) is 0 Å². The van der Waals surface area contributed by atoms with Crippen LogP contribution >= 0.6 is 7.82 Å². The van der Waals surface area contributed by atoms with E-state index in [1.807, 2.05) is 0 Å². The number of esters is 3. The van der Waals surface area contributed by atoms with Gasteiger partial charge in [0.2, 0.25) is 0 Å². The minimum Gasteiger partial charge on any atom is -0.463 e. The van der Waals surface area contributed by atoms with Crippen LogP contribution in [0.1, 0.15) is 278 Å². The maximum Gasteiger partial charge on any atom is 0.472 e. The Kier molecular flexibility index (Phi) is 47.3. The number of ether oxygens (including phenoxy) is 7. The van der Waals surface area contributed by atoms with Gasteiger partial charge in [-0.25, -0.2) is 4.57 Å². The summed E-state index contributed by atoms with van der Waals surface area (Å²) < 4.78 is 64.9. The summed E-state index contributed by atoms with van der Waals surface area (Å²) in [5, 5.41) is 110. The number of hydrogen-bond acceptors (Lipinski definition) is 23. The van der Waals surface area contributed by atoms with Crippen molar-refractivity contribution in [1.82, 2.24) is 0 Å². The number of allylic oxidation sites excluding steroid dienone is 2. The lowest BCUT2D eigenvalue weighted by Crippen LogP contribution is -2.69. The zero-order valence-corrected chi connectivity index (χ0v) is 58.2. The molecular weight excluding hydrogens is 1240 g/mol. The van der Waals surface area contributed by atoms with E-state index < -0.39 is 156 Å². The molecule has 3 fully saturated rings. The molecule has 25 heteroatoms. The van der Waals surface area contributed by atoms with Gasteiger partial charge in [-0.1, -0.05) is 226 Å². The third kappa shape index (κ3) is 35.1. The summed E-state index contributed by atoms with van der Waals surface area (Å²) in [4.78, 5) is 50.9. The summed E-state index contributed by atoms with van der Waals surface area (Å²) in [6, 6.07) is 0. The molecule has 1 aliphatic carbocycles. The van der Waals surface area contributed by atoms with Crippen LogP contribution in [0.2, 0.25) is 0 Å². The van der Waals surface area contributed by atoms with Gasteiger partial charge in [-0.3, -0.25) is 23.4 Å². The first-order chi connectivity index (χ1) is 45.3. The van der Waals surface area contributed by atoms with Crippen molar-refractivity contribution in [2.45, 2.75) is 382 Å². The molecule has 2 aliphatic heterocycles. The quantitative estimate of drug-likeness (QED) is 0.00888. The fraction of sp³-hybridized carbons (Fsp3) is 0.928. The van der Waals surface area contributed by atoms with Gasteiger partial charge in [0.25, 0.3) is 0 Å². The molecule has 18 atom stereocenters. The average molecular weight is 1370 g/mol. The minimum absolute atomic E-state index is 0.0276. The normalized spacial score (nSPS) is 28.3. The van der Waals surface area contributed by atoms with Crippen LogP contribution in [0.3, 0.4) is 0 Å². The standard InChI is InChI=1S/C69H127O24P/c1-4-7-10-13-16-19-22-25-27-30-33-36-39-42-45-55(73)88-50(47-85-53(71)43-40-37-34-32-29-26-23-20-17-14-11-8-5-2)48-87-94(83,84)93-67-65(91-68-63(81)58(76)56(74)51(46-70)89-68)61(79)60(78)62(80)66(67)92-69-64(82)59(77)57(75)52(90-69)49-86-54(72)44-41-38-35-31-28-24-21-18-15-12-9-6-3/h26,29,50-52,56-70,74-82H,4-25,27-28,30-49H2,1-3H3,(H,83,84)/b29-26-. The summed E-state index contributed by atoms with van der Waals surface area (Å²) in [5.74, 6) is -2.00. The summed E-state index contributed by atoms with van der Waals surface area (Å²) in [5.41, 5.74) is 0. The Morgan fingerprint density at radius 2 is 0.745 bits per heavy atom. The fourth-order valence-corrected chi connectivity index (χ4v) is 13.0. The highest BCUT2D eigenvalue weighted by molar-refractivity contribution is 7.47. The third-order valence-corrected chi connectivity index (χ3v) is 19.0. The van der Waals surface area contributed by atoms with E-state index in [0.29, 0.717) is 19.3 Å². The fourth-order valence-electron chi connectivity index (χ4n) is 12.0. The molecule has 11 N–H and O–H groups in total. The van der Waals surface area contributed by atoms with E-state index in [2.05, 4.69) is 32.9 Å². The highest BCUT2D eigenvalue weighted by Crippen LogP contribution is 2.49. The van der Waals surface area contributed by atoms with Crippen LogP contribution in [-0.4, -0.2) is 204 Å². The van der Waals surface area contributed by atoms with Gasteiger partial charge in [0.15, 0.2) is 18.7 Å². The van der Waals surface area contributed by atoms with E-state index in [1.165, 1.54) is 122 Å². The Morgan fingerprint density at radius 3 is 1.16 bits per heavy atom. The molecule has 0 bridgehead atoms. The lowest BCUT2D eigenvalue weighted by Gasteiger charge is -2.49. The molecule has 552 valence electrons. The predicted molar refractivity (Wildman–Crippen MR) is 352 cm³/mol. The van der Waals surface area contributed by atoms with E-state index in [4.69, 9.17) is 42.2 Å². The second-order valence-electron chi connectivity index (χ2n) is 26.3. The van der Waals surface area contributed by atoms with E-state index in [0.717, 1.165) is 96.3 Å². The number of aliphatic hydroxyl groups is 10. The molecule has 94 heavy (non-hydrogen) atoms. The number of rotatable bonds is 56. The highest BCUT2D eigenvalue weighted by Gasteiger charge is 2.58. The number of carbonyl (C=O) groups excluding carboxylic acids is 3. The van der Waals surface area contributed by atoms with Gasteiger partial charge >= 0.3 is 25.7 Å². The molecule has 24 nitrogen and oxygen atoms in total. The largest absolute Gasteiger partial charge is 0.472 e. The van der Waals surface area contributed by atoms with Gasteiger partial charge in [-0.15, -0.1) is 0 Å². The van der Waals surface area contributed by atoms with Crippen LogP contribution in [0, 0.1) is 0 Å². The van der Waals surface area contributed by atoms with Gasteiger partial charge in [-0.05, 0) is 44.9 Å². The van der Waals surface area contributed by atoms with E-state index >= 15 is 0 Å². The molecule has 0 amide bonds. The van der Waals surface area contributed by atoms with Crippen LogP contribution in [0.15, 0.2) is 12.2 Å². The maximum absolute atomic E-state index is 14.3. The molecule has 0 aromatic heterocycles. The van der Waals surface area contributed by atoms with Crippen molar-refractivity contribution in [3.63, 3.8) is 0 Å². The van der Waals surface area contributed by atoms with Gasteiger partial charge in [-0.2, -0.15) is 0 Å². The first-order valence-corrected chi connectivity index (χ1v) is 38.0. The van der Waals surface area contributed by atoms with Crippen molar-refractivity contribution in [2.75, 3.05) is 26.4 Å². The minimum atomic E-state index is -5.69. The van der Waals surface area contributed by atoms with Crippen LogP contribution < -0.4 is 0 Å². The number of carbonyl (C=O) groups is 3. The number of phosphoric acid groups is 1. The lowest BCUT2D eigenvalue weighted by molar-refractivity contribution is -0.360. The maximum atomic E-state index is 14.3. The van der Waals surface area contributed by atoms with Crippen molar-refractivity contribution in [2.24, 2.45) is 0 Å². The zero-order chi connectivity index (χ0) is 68.9. The lowest BCUT2D eigenvalue weighted by atomic mass is 9.84. The second-order valence-corrected chi connectivity index (χ2v) is 27.7. The zero-order valence-electron chi connectivity index (χ0n) is 57.3. The molecule has 18 unspecified atom stereocenters. The molecule has 0 aromatic carbocycles. The van der Waals surface area contributed by atoms with Crippen LogP contribution in [-0.2, 0) is 61.2 Å². The van der Waals surface area contributed by atoms with Gasteiger partial charge < -0.3 is 89.1 Å². The van der Waals surface area contributed by atoms with Crippen molar-refractivity contribution in [1.29, 1.82) is 0 Å². The molecule has 0 radical (unpaired) electrons. The van der Waals surface area contributed by atoms with Crippen LogP contribution in [0.5, 0.6) is 0 Å². The summed E-state index contributed by atoms with van der Waals surface area (Å²) >= 11 is 0. The number of unbranched alkanes of at least 4 members (excludes halogenated alkanes) is 33. The first-order valence-electron chi connectivity index (χ1n) is 36.5. The van der Waals surface area contributed by atoms with Crippen molar-refractivity contribution < 1.29 is 117 Å². The monoisotopic (exact) mass is 1370 g/mol. The molecule has 3 rings (SSSR count). The highest BCUT2D eigenvalue weighted by atomic mass is 31.2. The van der Waals surface area contributed by atoms with E-state index in [1.54, 1.807) is 0 Å². The summed E-state index contributed by atoms with van der Waals surface area (Å²) in [6.07, 6.45) is 8.71. The SMILES string of the molecule is CCCCCCCC/C=C\CCCCCC(=O)OCC(COP(=O)(O)OC1C(OC2OC(CO)C(O)C(O)C2O)C(O)C(O)C(O)C1OC1OC(COC(=O)CCCCCCCCCCCCCC)C(O)C(O)C1O)OC(=O)CCCCCCCCCCCCCCCC. The Bertz CT molecular complexity index is 2010. The second kappa shape index (κ2) is 51.8. The number of phosphoric ester groups is 1. The van der Waals surface area contributed by atoms with E-state index in [-0.39, 0.29) is 19.3 Å². The van der Waals surface area contributed by atoms with Crippen molar-refractivity contribution in [3.05, 3.63) is 12.2 Å². The topological polar surface area (TPSA) is 374 Å². The predicted octanol–water partition coefficient (Wildman–Crippen LogP) is 9.18. The Balaban J connectivity index is 1.76. The smallest absolute Gasteiger partial charge is 0.463 e. The first kappa shape index (κ1) is 85.9. The summed E-state index contributed by atoms with van der Waals surface area (Å²) in [6.45, 7) is 3.41. The van der Waals surface area contributed by atoms with Crippen molar-refractivity contribution >= 4 is 25.7 Å². The van der Waals surface area contributed by atoms with Gasteiger partial charge in [0, 0.05) is 19.3 Å². The third-order valence-electron chi connectivity index (χ3n) is 18.0.